The first-order valence-corrected chi connectivity index (χ1v) is 22.5. The van der Waals surface area contributed by atoms with Crippen molar-refractivity contribution in [3.8, 4) is 0 Å². The van der Waals surface area contributed by atoms with Crippen molar-refractivity contribution in [2.75, 3.05) is 6.54 Å². The molecule has 1 amide bonds. The van der Waals surface area contributed by atoms with Crippen molar-refractivity contribution in [1.82, 2.24) is 5.32 Å². The topological polar surface area (TPSA) is 167 Å². The minimum Gasteiger partial charge on any atom is -0.382 e. The van der Waals surface area contributed by atoms with Crippen LogP contribution >= 0.6 is 7.60 Å². The minimum atomic E-state index is -5.31. The number of carbonyl (C=O) groups excluding carboxylic acids is 3. The molecule has 50 heavy (non-hydrogen) atoms. The Morgan fingerprint density at radius 2 is 0.860 bits per heavy atom. The summed E-state index contributed by atoms with van der Waals surface area (Å²) in [5.41, 5.74) is 5.20. The summed E-state index contributed by atoms with van der Waals surface area (Å²) in [4.78, 5) is 59.0. The lowest BCUT2D eigenvalue weighted by Crippen LogP contribution is -2.62. The first kappa shape index (κ1) is 48.9. The average molecular weight is 731 g/mol. The quantitative estimate of drug-likeness (QED) is 0.0308. The van der Waals surface area contributed by atoms with E-state index in [0.717, 1.165) is 51.4 Å². The fraction of sp³-hybridized carbons (Fsp3) is 0.925. The van der Waals surface area contributed by atoms with Gasteiger partial charge in [-0.05, 0) is 32.2 Å². The molecule has 0 aromatic rings. The molecule has 0 saturated carbocycles. The Balaban J connectivity index is 4.88. The normalized spacial score (nSPS) is 13.7. The summed E-state index contributed by atoms with van der Waals surface area (Å²) in [5, 5.41) is 11.2. The molecule has 0 bridgehead atoms. The van der Waals surface area contributed by atoms with Gasteiger partial charge >= 0.3 is 7.60 Å². The lowest BCUT2D eigenvalue weighted by Gasteiger charge is -2.37. The molecule has 6 N–H and O–H groups in total. The number of unbranched alkanes of at least 4 members (excludes halogenated alkanes) is 26. The number of primary amides is 1. The largest absolute Gasteiger partial charge is 0.382 e. The van der Waals surface area contributed by atoms with Gasteiger partial charge in [-0.2, -0.15) is 0 Å². The lowest BCUT2D eigenvalue weighted by molar-refractivity contribution is -0.138. The van der Waals surface area contributed by atoms with E-state index in [1.54, 1.807) is 0 Å². The molecule has 0 rings (SSSR count). The second kappa shape index (κ2) is 32.5. The molecule has 0 aliphatic carbocycles. The number of nitrogens with two attached hydrogens (primary N) is 1. The maximum Gasteiger partial charge on any atom is 0.356 e. The number of hydrogen-bond acceptors (Lipinski definition) is 6. The summed E-state index contributed by atoms with van der Waals surface area (Å²) in [7, 11) is -5.31. The van der Waals surface area contributed by atoms with E-state index in [1.807, 2.05) is 0 Å². The van der Waals surface area contributed by atoms with Crippen LogP contribution in [0.5, 0.6) is 0 Å². The summed E-state index contributed by atoms with van der Waals surface area (Å²) in [6, 6.07) is 0. The average Bonchev–Trinajstić information content (AvgIpc) is 3.07. The molecule has 0 radical (unpaired) electrons. The van der Waals surface area contributed by atoms with Gasteiger partial charge in [0, 0.05) is 19.3 Å². The van der Waals surface area contributed by atoms with E-state index >= 15 is 0 Å². The van der Waals surface area contributed by atoms with Crippen LogP contribution in [0.15, 0.2) is 0 Å². The third-order valence-corrected chi connectivity index (χ3v) is 11.7. The number of nitrogens with one attached hydrogen (secondary N) is 1. The molecule has 0 aliphatic rings. The monoisotopic (exact) mass is 731 g/mol. The highest BCUT2D eigenvalue weighted by atomic mass is 31.2. The Morgan fingerprint density at radius 1 is 0.540 bits per heavy atom. The van der Waals surface area contributed by atoms with Gasteiger partial charge in [0.15, 0.2) is 11.6 Å². The van der Waals surface area contributed by atoms with Gasteiger partial charge in [-0.1, -0.05) is 174 Å². The van der Waals surface area contributed by atoms with Gasteiger partial charge in [0.25, 0.3) is 0 Å². The number of ketones is 2. The third-order valence-electron chi connectivity index (χ3n) is 10.1. The van der Waals surface area contributed by atoms with Crippen LogP contribution in [0.4, 0.5) is 0 Å². The van der Waals surface area contributed by atoms with Crippen LogP contribution < -0.4 is 11.1 Å². The Bertz CT molecular complexity index is 897. The number of aliphatic hydroxyl groups is 1. The highest BCUT2D eigenvalue weighted by Crippen LogP contribution is 2.52. The van der Waals surface area contributed by atoms with Crippen LogP contribution in [0.1, 0.15) is 219 Å². The van der Waals surface area contributed by atoms with Crippen molar-refractivity contribution in [1.29, 1.82) is 0 Å². The smallest absolute Gasteiger partial charge is 0.356 e. The van der Waals surface area contributed by atoms with Crippen LogP contribution in [0, 0.1) is 0 Å². The van der Waals surface area contributed by atoms with Gasteiger partial charge in [0.05, 0.1) is 0 Å². The maximum absolute atomic E-state index is 13.6. The van der Waals surface area contributed by atoms with Gasteiger partial charge in [0.2, 0.25) is 11.2 Å². The first-order valence-electron chi connectivity index (χ1n) is 20.9. The van der Waals surface area contributed by atoms with Gasteiger partial charge < -0.3 is 20.6 Å². The fourth-order valence-corrected chi connectivity index (χ4v) is 8.05. The summed E-state index contributed by atoms with van der Waals surface area (Å²) in [5.74, 6) is -1.95. The molecule has 2 atom stereocenters. The molecule has 0 saturated heterocycles. The summed E-state index contributed by atoms with van der Waals surface area (Å²) in [6.07, 6.45) is 28.7. The lowest BCUT2D eigenvalue weighted by atomic mass is 9.94. The van der Waals surface area contributed by atoms with Crippen molar-refractivity contribution in [3.63, 3.8) is 0 Å². The Labute approximate surface area is 306 Å². The SMILES string of the molecule is CCCCCCCCCCCCCCCC(=O)C(O)C(NCCCCCC(N)=O)(C(=O)CCCCCCCCCCCCCCC)P(=O)(O)O. The molecular weight excluding hydrogens is 651 g/mol. The van der Waals surface area contributed by atoms with Crippen LogP contribution in [0.3, 0.4) is 0 Å². The van der Waals surface area contributed by atoms with Crippen LogP contribution in [0.2, 0.25) is 0 Å². The number of hydrogen-bond donors (Lipinski definition) is 5. The predicted octanol–water partition coefficient (Wildman–Crippen LogP) is 9.96. The zero-order valence-electron chi connectivity index (χ0n) is 32.4. The predicted molar refractivity (Wildman–Crippen MR) is 207 cm³/mol. The van der Waals surface area contributed by atoms with E-state index in [2.05, 4.69) is 19.2 Å². The molecule has 0 aromatic heterocycles. The Morgan fingerprint density at radius 3 is 1.22 bits per heavy atom. The zero-order valence-corrected chi connectivity index (χ0v) is 33.3. The molecule has 9 nitrogen and oxygen atoms in total. The third kappa shape index (κ3) is 24.2. The van der Waals surface area contributed by atoms with Crippen molar-refractivity contribution >= 4 is 25.1 Å². The van der Waals surface area contributed by atoms with E-state index < -0.39 is 36.5 Å². The molecule has 0 spiro atoms. The molecule has 296 valence electrons. The standard InChI is InChI=1S/C40H79N2O7P/c1-3-5-7-9-11-13-15-17-19-21-23-25-28-32-36(43)39(46)40(50(47,48)49,42-35-31-27-30-34-38(41)45)37(44)33-29-26-24-22-20-18-16-14-12-10-8-6-4-2/h39,42,46H,3-35H2,1-2H3,(H2,41,45)(H2,47,48,49). The fourth-order valence-electron chi connectivity index (χ4n) is 6.83. The second-order valence-corrected chi connectivity index (χ2v) is 16.6. The van der Waals surface area contributed by atoms with Crippen molar-refractivity contribution in [2.24, 2.45) is 5.73 Å². The number of Topliss-reactive ketones (excluding diaryl/α,β-unsaturated/α-hetero) is 2. The zero-order chi connectivity index (χ0) is 37.4. The molecule has 2 unspecified atom stereocenters. The van der Waals surface area contributed by atoms with Crippen LogP contribution in [0.25, 0.3) is 0 Å². The van der Waals surface area contributed by atoms with E-state index in [1.165, 1.54) is 103 Å². The molecule has 0 fully saturated rings. The number of aliphatic hydroxyl groups excluding tert-OH is 1. The second-order valence-electron chi connectivity index (χ2n) is 14.8. The van der Waals surface area contributed by atoms with Crippen LogP contribution in [-0.4, -0.2) is 50.3 Å². The molecule has 10 heteroatoms. The van der Waals surface area contributed by atoms with E-state index in [9.17, 15) is 33.8 Å². The van der Waals surface area contributed by atoms with Crippen molar-refractivity contribution < 1.29 is 33.8 Å². The van der Waals surface area contributed by atoms with E-state index in [-0.39, 0.29) is 25.8 Å². The number of carbonyl (C=O) groups is 3. The Kier molecular flexibility index (Phi) is 31.8. The molecular formula is C40H79N2O7P. The first-order chi connectivity index (χ1) is 24.0. The summed E-state index contributed by atoms with van der Waals surface area (Å²) in [6.45, 7) is 4.47. The van der Waals surface area contributed by atoms with Crippen molar-refractivity contribution in [3.05, 3.63) is 0 Å². The van der Waals surface area contributed by atoms with E-state index in [0.29, 0.717) is 32.1 Å². The van der Waals surface area contributed by atoms with Crippen LogP contribution in [-0.2, 0) is 18.9 Å². The van der Waals surface area contributed by atoms with E-state index in [4.69, 9.17) is 5.73 Å². The molecule has 0 heterocycles. The highest BCUT2D eigenvalue weighted by Gasteiger charge is 2.59. The summed E-state index contributed by atoms with van der Waals surface area (Å²) < 4.78 is 13.0. The number of amides is 1. The minimum absolute atomic E-state index is 0.0112. The van der Waals surface area contributed by atoms with Gasteiger partial charge in [0.1, 0.15) is 6.10 Å². The Hall–Kier alpha value is -1.12. The molecule has 0 aromatic carbocycles. The number of rotatable bonds is 39. The molecule has 0 aliphatic heterocycles. The van der Waals surface area contributed by atoms with Gasteiger partial charge in [-0.15, -0.1) is 0 Å². The van der Waals surface area contributed by atoms with Gasteiger partial charge in [-0.25, -0.2) is 0 Å². The maximum atomic E-state index is 13.6. The van der Waals surface area contributed by atoms with Crippen molar-refractivity contribution in [2.45, 2.75) is 231 Å². The summed E-state index contributed by atoms with van der Waals surface area (Å²) >= 11 is 0. The highest BCUT2D eigenvalue weighted by molar-refractivity contribution is 7.55. The van der Waals surface area contributed by atoms with Gasteiger partial charge in [-0.3, -0.25) is 24.3 Å².